The van der Waals surface area contributed by atoms with E-state index in [1.807, 2.05) is 18.2 Å². The molecule has 1 aliphatic heterocycles. The van der Waals surface area contributed by atoms with Crippen molar-refractivity contribution in [1.29, 1.82) is 0 Å². The second-order valence-electron chi connectivity index (χ2n) is 7.17. The molecule has 28 heavy (non-hydrogen) atoms. The highest BCUT2D eigenvalue weighted by atomic mass is 32.2. The minimum Gasteiger partial charge on any atom is -0.321 e. The van der Waals surface area contributed by atoms with Gasteiger partial charge in [-0.3, -0.25) is 4.79 Å². The summed E-state index contributed by atoms with van der Waals surface area (Å²) in [6.45, 7) is 5.36. The van der Waals surface area contributed by atoms with Crippen molar-refractivity contribution in [2.45, 2.75) is 45.3 Å². The second kappa shape index (κ2) is 8.88. The van der Waals surface area contributed by atoms with Gasteiger partial charge in [-0.25, -0.2) is 12.7 Å². The standard InChI is InChI=1S/C22H28N2O3S/c1-3-18-8-7-9-19(4-2)21(18)23-22(25)20-12-10-17(11-13-20)16-28(26,27)24-14-5-6-15-24/h7-13H,3-6,14-16H2,1-2H3,(H,23,25). The first-order valence-corrected chi connectivity index (χ1v) is 11.5. The van der Waals surface area contributed by atoms with E-state index >= 15 is 0 Å². The Kier molecular flexibility index (Phi) is 6.52. The van der Waals surface area contributed by atoms with Gasteiger partial charge in [0.15, 0.2) is 0 Å². The van der Waals surface area contributed by atoms with E-state index in [4.69, 9.17) is 0 Å². The highest BCUT2D eigenvalue weighted by molar-refractivity contribution is 7.88. The molecule has 0 aliphatic carbocycles. The van der Waals surface area contributed by atoms with Crippen molar-refractivity contribution < 1.29 is 13.2 Å². The molecule has 0 unspecified atom stereocenters. The van der Waals surface area contributed by atoms with Crippen molar-refractivity contribution in [2.75, 3.05) is 18.4 Å². The number of hydrogen-bond acceptors (Lipinski definition) is 3. The zero-order chi connectivity index (χ0) is 20.1. The number of hydrogen-bond donors (Lipinski definition) is 1. The van der Waals surface area contributed by atoms with Gasteiger partial charge in [0, 0.05) is 24.3 Å². The fraction of sp³-hybridized carbons (Fsp3) is 0.409. The summed E-state index contributed by atoms with van der Waals surface area (Å²) >= 11 is 0. The molecule has 6 heteroatoms. The predicted octanol–water partition coefficient (Wildman–Crippen LogP) is 3.99. The van der Waals surface area contributed by atoms with Crippen LogP contribution in [0.3, 0.4) is 0 Å². The van der Waals surface area contributed by atoms with Crippen LogP contribution in [0.5, 0.6) is 0 Å². The van der Waals surface area contributed by atoms with Crippen molar-refractivity contribution >= 4 is 21.6 Å². The van der Waals surface area contributed by atoms with Crippen LogP contribution in [0.1, 0.15) is 53.7 Å². The number of aryl methyl sites for hydroxylation is 2. The summed E-state index contributed by atoms with van der Waals surface area (Å²) in [5, 5.41) is 3.04. The number of amides is 1. The van der Waals surface area contributed by atoms with Crippen molar-refractivity contribution in [3.8, 4) is 0 Å². The molecule has 1 fully saturated rings. The number of carbonyl (C=O) groups excluding carboxylic acids is 1. The molecule has 0 saturated carbocycles. The molecule has 1 saturated heterocycles. The van der Waals surface area contributed by atoms with Gasteiger partial charge in [0.25, 0.3) is 5.91 Å². The number of rotatable bonds is 7. The Balaban J connectivity index is 1.72. The highest BCUT2D eigenvalue weighted by Crippen LogP contribution is 2.24. The van der Waals surface area contributed by atoms with E-state index in [0.29, 0.717) is 24.2 Å². The van der Waals surface area contributed by atoms with Crippen LogP contribution in [0.25, 0.3) is 0 Å². The number of benzene rings is 2. The highest BCUT2D eigenvalue weighted by Gasteiger charge is 2.25. The van der Waals surface area contributed by atoms with Gasteiger partial charge in [0.05, 0.1) is 5.75 Å². The molecule has 5 nitrogen and oxygen atoms in total. The van der Waals surface area contributed by atoms with Crippen LogP contribution in [0, 0.1) is 0 Å². The lowest BCUT2D eigenvalue weighted by Crippen LogP contribution is -2.29. The minimum absolute atomic E-state index is 0.0203. The SMILES string of the molecule is CCc1cccc(CC)c1NC(=O)c1ccc(CS(=O)(=O)N2CCCC2)cc1. The van der Waals surface area contributed by atoms with E-state index < -0.39 is 10.0 Å². The molecular weight excluding hydrogens is 372 g/mol. The zero-order valence-electron chi connectivity index (χ0n) is 16.6. The second-order valence-corrected chi connectivity index (χ2v) is 9.14. The number of para-hydroxylation sites is 1. The predicted molar refractivity (Wildman–Crippen MR) is 113 cm³/mol. The summed E-state index contributed by atoms with van der Waals surface area (Å²) in [6, 6.07) is 12.9. The number of anilines is 1. The van der Waals surface area contributed by atoms with Crippen LogP contribution < -0.4 is 5.32 Å². The largest absolute Gasteiger partial charge is 0.321 e. The Hall–Kier alpha value is -2.18. The van der Waals surface area contributed by atoms with Crippen molar-refractivity contribution in [3.63, 3.8) is 0 Å². The maximum absolute atomic E-state index is 12.7. The van der Waals surface area contributed by atoms with Crippen molar-refractivity contribution in [2.24, 2.45) is 0 Å². The molecule has 0 radical (unpaired) electrons. The maximum Gasteiger partial charge on any atom is 0.255 e. The Morgan fingerprint density at radius 3 is 2.07 bits per heavy atom. The van der Waals surface area contributed by atoms with E-state index in [1.54, 1.807) is 28.6 Å². The van der Waals surface area contributed by atoms with Crippen LogP contribution in [-0.4, -0.2) is 31.7 Å². The molecule has 1 aliphatic rings. The molecule has 2 aromatic carbocycles. The Labute approximate surface area is 167 Å². The Morgan fingerprint density at radius 1 is 0.964 bits per heavy atom. The molecule has 1 heterocycles. The summed E-state index contributed by atoms with van der Waals surface area (Å²) in [5.74, 6) is -0.197. The molecular formula is C22H28N2O3S. The summed E-state index contributed by atoms with van der Waals surface area (Å²) in [4.78, 5) is 12.7. The van der Waals surface area contributed by atoms with E-state index in [9.17, 15) is 13.2 Å². The number of nitrogens with one attached hydrogen (secondary N) is 1. The van der Waals surface area contributed by atoms with Gasteiger partial charge in [0.2, 0.25) is 10.0 Å². The minimum atomic E-state index is -3.28. The normalized spacial score (nSPS) is 14.9. The molecule has 0 aromatic heterocycles. The van der Waals surface area contributed by atoms with Crippen molar-refractivity contribution in [3.05, 3.63) is 64.7 Å². The third-order valence-corrected chi connectivity index (χ3v) is 7.11. The average Bonchev–Trinajstić information content (AvgIpc) is 3.24. The lowest BCUT2D eigenvalue weighted by atomic mass is 10.0. The average molecular weight is 401 g/mol. The summed E-state index contributed by atoms with van der Waals surface area (Å²) in [6.07, 6.45) is 3.54. The first-order valence-electron chi connectivity index (χ1n) is 9.93. The van der Waals surface area contributed by atoms with Crippen LogP contribution in [0.4, 0.5) is 5.69 Å². The van der Waals surface area contributed by atoms with Gasteiger partial charge in [-0.15, -0.1) is 0 Å². The molecule has 0 atom stereocenters. The van der Waals surface area contributed by atoms with Crippen molar-refractivity contribution in [1.82, 2.24) is 4.31 Å². The fourth-order valence-electron chi connectivity index (χ4n) is 3.61. The summed E-state index contributed by atoms with van der Waals surface area (Å²) in [5.41, 5.74) is 4.34. The fourth-order valence-corrected chi connectivity index (χ4v) is 5.22. The van der Waals surface area contributed by atoms with Crippen LogP contribution in [-0.2, 0) is 28.6 Å². The lowest BCUT2D eigenvalue weighted by Gasteiger charge is -2.16. The monoisotopic (exact) mass is 400 g/mol. The van der Waals surface area contributed by atoms with E-state index in [0.717, 1.165) is 42.5 Å². The van der Waals surface area contributed by atoms with Gasteiger partial charge in [-0.05, 0) is 54.5 Å². The third kappa shape index (κ3) is 4.62. The number of nitrogens with zero attached hydrogens (tertiary/aromatic N) is 1. The van der Waals surface area contributed by atoms with E-state index in [2.05, 4.69) is 19.2 Å². The van der Waals surface area contributed by atoms with Gasteiger partial charge >= 0.3 is 0 Å². The lowest BCUT2D eigenvalue weighted by molar-refractivity contribution is 0.102. The number of carbonyl (C=O) groups is 1. The first kappa shape index (κ1) is 20.6. The molecule has 150 valence electrons. The van der Waals surface area contributed by atoms with Gasteiger partial charge in [-0.1, -0.05) is 44.2 Å². The number of sulfonamides is 1. The molecule has 3 rings (SSSR count). The Morgan fingerprint density at radius 2 is 1.54 bits per heavy atom. The van der Waals surface area contributed by atoms with Gasteiger partial charge < -0.3 is 5.32 Å². The van der Waals surface area contributed by atoms with Crippen LogP contribution >= 0.6 is 0 Å². The summed E-state index contributed by atoms with van der Waals surface area (Å²) in [7, 11) is -3.28. The van der Waals surface area contributed by atoms with Gasteiger partial charge in [0.1, 0.15) is 0 Å². The Bertz CT molecular complexity index is 909. The molecule has 0 spiro atoms. The topological polar surface area (TPSA) is 66.5 Å². The van der Waals surface area contributed by atoms with Gasteiger partial charge in [-0.2, -0.15) is 0 Å². The quantitative estimate of drug-likeness (QED) is 0.764. The first-order chi connectivity index (χ1) is 13.4. The van der Waals surface area contributed by atoms with E-state index in [-0.39, 0.29) is 11.7 Å². The molecule has 2 aromatic rings. The molecule has 1 amide bonds. The third-order valence-electron chi connectivity index (χ3n) is 5.26. The van der Waals surface area contributed by atoms with Crippen LogP contribution in [0.2, 0.25) is 0 Å². The smallest absolute Gasteiger partial charge is 0.255 e. The maximum atomic E-state index is 12.7. The summed E-state index contributed by atoms with van der Waals surface area (Å²) < 4.78 is 26.5. The molecule has 1 N–H and O–H groups in total. The van der Waals surface area contributed by atoms with Crippen LogP contribution in [0.15, 0.2) is 42.5 Å². The van der Waals surface area contributed by atoms with E-state index in [1.165, 1.54) is 0 Å². The molecule has 0 bridgehead atoms. The zero-order valence-corrected chi connectivity index (χ0v) is 17.4.